The van der Waals surface area contributed by atoms with Crippen LogP contribution in [0.3, 0.4) is 0 Å². The van der Waals surface area contributed by atoms with E-state index in [4.69, 9.17) is 5.84 Å². The standard InChI is InChI=1S/C13H16BrF3N2/c1-2-3-4-5-12(19-18)9-6-7-11(14)10(8-9)13(15,16)17/h2,6-8,12,19H,1,3-5,18H2. The van der Waals surface area contributed by atoms with Crippen molar-refractivity contribution in [2.24, 2.45) is 5.84 Å². The number of hydrogen-bond acceptors (Lipinski definition) is 2. The molecular formula is C13H16BrF3N2. The molecule has 0 saturated heterocycles. The van der Waals surface area contributed by atoms with Crippen LogP contribution in [0.25, 0.3) is 0 Å². The first-order valence-corrected chi connectivity index (χ1v) is 6.63. The van der Waals surface area contributed by atoms with Gasteiger partial charge in [-0.1, -0.05) is 28.1 Å². The van der Waals surface area contributed by atoms with E-state index in [1.807, 2.05) is 0 Å². The Morgan fingerprint density at radius 2 is 2.11 bits per heavy atom. The van der Waals surface area contributed by atoms with Gasteiger partial charge in [0.25, 0.3) is 0 Å². The van der Waals surface area contributed by atoms with Gasteiger partial charge in [0, 0.05) is 10.5 Å². The molecule has 1 aromatic carbocycles. The fourth-order valence-corrected chi connectivity index (χ4v) is 2.26. The molecule has 1 atom stereocenters. The van der Waals surface area contributed by atoms with Crippen molar-refractivity contribution in [2.75, 3.05) is 0 Å². The van der Waals surface area contributed by atoms with Crippen LogP contribution in [0.5, 0.6) is 0 Å². The van der Waals surface area contributed by atoms with Crippen LogP contribution in [0.2, 0.25) is 0 Å². The van der Waals surface area contributed by atoms with Gasteiger partial charge in [0.15, 0.2) is 0 Å². The van der Waals surface area contributed by atoms with Crippen molar-refractivity contribution in [3.05, 3.63) is 46.5 Å². The Hall–Kier alpha value is -0.850. The molecule has 0 heterocycles. The van der Waals surface area contributed by atoms with Crippen molar-refractivity contribution in [1.29, 1.82) is 0 Å². The predicted molar refractivity (Wildman–Crippen MR) is 73.3 cm³/mol. The molecule has 6 heteroatoms. The lowest BCUT2D eigenvalue weighted by molar-refractivity contribution is -0.138. The summed E-state index contributed by atoms with van der Waals surface area (Å²) in [6.45, 7) is 3.61. The maximum atomic E-state index is 12.8. The van der Waals surface area contributed by atoms with Crippen molar-refractivity contribution in [3.63, 3.8) is 0 Å². The highest BCUT2D eigenvalue weighted by Crippen LogP contribution is 2.36. The third-order valence-corrected chi connectivity index (χ3v) is 3.49. The zero-order valence-corrected chi connectivity index (χ0v) is 11.9. The summed E-state index contributed by atoms with van der Waals surface area (Å²) in [7, 11) is 0. The van der Waals surface area contributed by atoms with Crippen molar-refractivity contribution in [3.8, 4) is 0 Å². The van der Waals surface area contributed by atoms with Gasteiger partial charge in [-0.05, 0) is 37.0 Å². The summed E-state index contributed by atoms with van der Waals surface area (Å²) in [5.74, 6) is 5.42. The molecule has 0 fully saturated rings. The second-order valence-corrected chi connectivity index (χ2v) is 5.03. The van der Waals surface area contributed by atoms with Crippen LogP contribution in [0, 0.1) is 0 Å². The fourth-order valence-electron chi connectivity index (χ4n) is 1.79. The van der Waals surface area contributed by atoms with Crippen molar-refractivity contribution in [2.45, 2.75) is 31.5 Å². The monoisotopic (exact) mass is 336 g/mol. The SMILES string of the molecule is C=CCCCC(NN)c1ccc(Br)c(C(F)(F)F)c1. The van der Waals surface area contributed by atoms with Crippen LogP contribution < -0.4 is 11.3 Å². The van der Waals surface area contributed by atoms with Crippen LogP contribution in [-0.2, 0) is 6.18 Å². The van der Waals surface area contributed by atoms with Gasteiger partial charge >= 0.3 is 6.18 Å². The van der Waals surface area contributed by atoms with E-state index in [2.05, 4.69) is 27.9 Å². The molecule has 2 nitrogen and oxygen atoms in total. The molecule has 1 rings (SSSR count). The molecule has 0 amide bonds. The number of benzene rings is 1. The van der Waals surface area contributed by atoms with Gasteiger partial charge < -0.3 is 0 Å². The van der Waals surface area contributed by atoms with Gasteiger partial charge in [0.1, 0.15) is 0 Å². The fraction of sp³-hybridized carbons (Fsp3) is 0.385. The first kappa shape index (κ1) is 16.2. The first-order chi connectivity index (χ1) is 8.90. The summed E-state index contributed by atoms with van der Waals surface area (Å²) < 4.78 is 38.5. The van der Waals surface area contributed by atoms with E-state index in [-0.39, 0.29) is 10.5 Å². The Labute approximate surface area is 119 Å². The molecule has 106 valence electrons. The Morgan fingerprint density at radius 3 is 2.63 bits per heavy atom. The number of nitrogens with two attached hydrogens (primary N) is 1. The summed E-state index contributed by atoms with van der Waals surface area (Å²) in [5.41, 5.74) is 2.40. The Morgan fingerprint density at radius 1 is 1.42 bits per heavy atom. The van der Waals surface area contributed by atoms with Gasteiger partial charge in [-0.2, -0.15) is 13.2 Å². The summed E-state index contributed by atoms with van der Waals surface area (Å²) >= 11 is 2.92. The van der Waals surface area contributed by atoms with E-state index >= 15 is 0 Å². The summed E-state index contributed by atoms with van der Waals surface area (Å²) in [5, 5.41) is 0. The average Bonchev–Trinajstić information content (AvgIpc) is 2.34. The predicted octanol–water partition coefficient (Wildman–Crippen LogP) is 4.33. The van der Waals surface area contributed by atoms with E-state index in [9.17, 15) is 13.2 Å². The summed E-state index contributed by atoms with van der Waals surface area (Å²) in [6, 6.07) is 3.87. The molecule has 3 N–H and O–H groups in total. The smallest absolute Gasteiger partial charge is 0.271 e. The number of halogens is 4. The van der Waals surface area contributed by atoms with Crippen molar-refractivity contribution < 1.29 is 13.2 Å². The van der Waals surface area contributed by atoms with Crippen LogP contribution in [0.15, 0.2) is 35.3 Å². The molecule has 0 aliphatic heterocycles. The molecular weight excluding hydrogens is 321 g/mol. The van der Waals surface area contributed by atoms with Crippen LogP contribution in [0.1, 0.15) is 36.4 Å². The highest BCUT2D eigenvalue weighted by Gasteiger charge is 2.33. The van der Waals surface area contributed by atoms with Crippen molar-refractivity contribution >= 4 is 15.9 Å². The zero-order chi connectivity index (χ0) is 14.5. The molecule has 1 aromatic rings. The number of allylic oxidation sites excluding steroid dienone is 1. The molecule has 0 radical (unpaired) electrons. The van der Waals surface area contributed by atoms with Gasteiger partial charge in [-0.25, -0.2) is 0 Å². The number of nitrogens with one attached hydrogen (secondary N) is 1. The lowest BCUT2D eigenvalue weighted by atomic mass is 9.99. The minimum Gasteiger partial charge on any atom is -0.271 e. The molecule has 1 unspecified atom stereocenters. The minimum absolute atomic E-state index is 0.0330. The normalized spacial score (nSPS) is 13.3. The van der Waals surface area contributed by atoms with Gasteiger partial charge in [0.05, 0.1) is 5.56 Å². The topological polar surface area (TPSA) is 38.0 Å². The van der Waals surface area contributed by atoms with Crippen LogP contribution in [0.4, 0.5) is 13.2 Å². The zero-order valence-electron chi connectivity index (χ0n) is 10.3. The minimum atomic E-state index is -4.38. The lowest BCUT2D eigenvalue weighted by Crippen LogP contribution is -2.28. The van der Waals surface area contributed by atoms with E-state index in [0.717, 1.165) is 18.9 Å². The van der Waals surface area contributed by atoms with Gasteiger partial charge in [-0.15, -0.1) is 6.58 Å². The third kappa shape index (κ3) is 4.63. The second kappa shape index (κ2) is 7.07. The molecule has 0 bridgehead atoms. The van der Waals surface area contributed by atoms with E-state index in [1.54, 1.807) is 12.1 Å². The highest BCUT2D eigenvalue weighted by atomic mass is 79.9. The average molecular weight is 337 g/mol. The van der Waals surface area contributed by atoms with Gasteiger partial charge in [-0.3, -0.25) is 11.3 Å². The number of rotatable bonds is 6. The highest BCUT2D eigenvalue weighted by molar-refractivity contribution is 9.10. The van der Waals surface area contributed by atoms with E-state index < -0.39 is 11.7 Å². The van der Waals surface area contributed by atoms with Crippen molar-refractivity contribution in [1.82, 2.24) is 5.43 Å². The number of hydrogen-bond donors (Lipinski definition) is 2. The first-order valence-electron chi connectivity index (χ1n) is 5.83. The Bertz CT molecular complexity index is 432. The molecule has 0 aliphatic carbocycles. The second-order valence-electron chi connectivity index (χ2n) is 4.18. The number of unbranched alkanes of at least 4 members (excludes halogenated alkanes) is 1. The number of alkyl halides is 3. The Balaban J connectivity index is 2.95. The third-order valence-electron chi connectivity index (χ3n) is 2.80. The Kier molecular flexibility index (Phi) is 6.03. The van der Waals surface area contributed by atoms with Crippen LogP contribution in [-0.4, -0.2) is 0 Å². The molecule has 19 heavy (non-hydrogen) atoms. The van der Waals surface area contributed by atoms with E-state index in [1.165, 1.54) is 6.07 Å². The molecule has 0 aromatic heterocycles. The molecule has 0 spiro atoms. The largest absolute Gasteiger partial charge is 0.417 e. The number of hydrazine groups is 1. The van der Waals surface area contributed by atoms with E-state index in [0.29, 0.717) is 12.0 Å². The maximum Gasteiger partial charge on any atom is 0.417 e. The van der Waals surface area contributed by atoms with Gasteiger partial charge in [0.2, 0.25) is 0 Å². The molecule has 0 saturated carbocycles. The molecule has 0 aliphatic rings. The van der Waals surface area contributed by atoms with Crippen LogP contribution >= 0.6 is 15.9 Å². The lowest BCUT2D eigenvalue weighted by Gasteiger charge is -2.18. The summed E-state index contributed by atoms with van der Waals surface area (Å²) in [6.07, 6.45) is -0.330. The maximum absolute atomic E-state index is 12.8. The summed E-state index contributed by atoms with van der Waals surface area (Å²) in [4.78, 5) is 0. The quantitative estimate of drug-likeness (QED) is 0.351.